The number of anilines is 1. The zero-order chi connectivity index (χ0) is 12.4. The van der Waals surface area contributed by atoms with Crippen molar-refractivity contribution in [3.8, 4) is 0 Å². The Morgan fingerprint density at radius 3 is 3.06 bits per heavy atom. The predicted molar refractivity (Wildman–Crippen MR) is 71.6 cm³/mol. The van der Waals surface area contributed by atoms with E-state index in [1.807, 2.05) is 12.1 Å². The lowest BCUT2D eigenvalue weighted by Crippen LogP contribution is -2.55. The average molecular weight is 247 g/mol. The molecule has 4 heteroatoms. The van der Waals surface area contributed by atoms with Crippen LogP contribution in [-0.4, -0.2) is 47.2 Å². The van der Waals surface area contributed by atoms with Crippen molar-refractivity contribution in [3.05, 3.63) is 23.9 Å². The molecule has 2 fully saturated rings. The third-order valence-corrected chi connectivity index (χ3v) is 4.12. The number of piperazine rings is 1. The van der Waals surface area contributed by atoms with Gasteiger partial charge in [-0.25, -0.2) is 4.98 Å². The topological polar surface area (TPSA) is 39.6 Å². The molecule has 0 aromatic carbocycles. The van der Waals surface area contributed by atoms with E-state index in [4.69, 9.17) is 5.11 Å². The SMILES string of the molecule is OCc1cccc(N2CCN3CCCCC3C2)n1. The molecule has 1 aromatic rings. The number of aromatic nitrogens is 1. The fraction of sp³-hybridized carbons (Fsp3) is 0.643. The van der Waals surface area contributed by atoms with Gasteiger partial charge in [0.15, 0.2) is 0 Å². The second kappa shape index (κ2) is 5.24. The maximum absolute atomic E-state index is 9.16. The third-order valence-electron chi connectivity index (χ3n) is 4.12. The van der Waals surface area contributed by atoms with Crippen LogP contribution in [0.1, 0.15) is 25.0 Å². The number of nitrogens with zero attached hydrogens (tertiary/aromatic N) is 3. The van der Waals surface area contributed by atoms with E-state index in [2.05, 4.69) is 20.9 Å². The molecule has 98 valence electrons. The first-order valence-corrected chi connectivity index (χ1v) is 6.92. The summed E-state index contributed by atoms with van der Waals surface area (Å²) in [4.78, 5) is 9.50. The molecule has 4 nitrogen and oxygen atoms in total. The molecule has 1 aromatic heterocycles. The fourth-order valence-corrected chi connectivity index (χ4v) is 3.10. The summed E-state index contributed by atoms with van der Waals surface area (Å²) in [5, 5.41) is 9.16. The van der Waals surface area contributed by atoms with Crippen molar-refractivity contribution in [1.82, 2.24) is 9.88 Å². The molecule has 0 amide bonds. The second-order valence-electron chi connectivity index (χ2n) is 5.28. The smallest absolute Gasteiger partial charge is 0.129 e. The van der Waals surface area contributed by atoms with Crippen molar-refractivity contribution in [1.29, 1.82) is 0 Å². The van der Waals surface area contributed by atoms with Crippen LogP contribution < -0.4 is 4.90 Å². The molecule has 1 atom stereocenters. The van der Waals surface area contributed by atoms with E-state index in [1.54, 1.807) is 0 Å². The van der Waals surface area contributed by atoms with Crippen molar-refractivity contribution >= 4 is 5.82 Å². The molecule has 2 saturated heterocycles. The van der Waals surface area contributed by atoms with Crippen LogP contribution in [0.25, 0.3) is 0 Å². The first kappa shape index (κ1) is 11.9. The van der Waals surface area contributed by atoms with Crippen molar-refractivity contribution in [2.24, 2.45) is 0 Å². The Bertz CT molecular complexity index is 410. The molecule has 3 rings (SSSR count). The summed E-state index contributed by atoms with van der Waals surface area (Å²) in [7, 11) is 0. The Labute approximate surface area is 108 Å². The monoisotopic (exact) mass is 247 g/mol. The minimum atomic E-state index is 0.0250. The predicted octanol–water partition coefficient (Wildman–Crippen LogP) is 1.25. The Kier molecular flexibility index (Phi) is 3.48. The van der Waals surface area contributed by atoms with E-state index in [0.717, 1.165) is 31.1 Å². The van der Waals surface area contributed by atoms with E-state index >= 15 is 0 Å². The minimum Gasteiger partial charge on any atom is -0.390 e. The molecular weight excluding hydrogens is 226 g/mol. The van der Waals surface area contributed by atoms with Gasteiger partial charge >= 0.3 is 0 Å². The molecule has 0 saturated carbocycles. The molecule has 2 aliphatic rings. The maximum Gasteiger partial charge on any atom is 0.129 e. The summed E-state index contributed by atoms with van der Waals surface area (Å²) in [6, 6.07) is 6.62. The van der Waals surface area contributed by atoms with E-state index in [0.29, 0.717) is 6.04 Å². The van der Waals surface area contributed by atoms with Crippen LogP contribution in [-0.2, 0) is 6.61 Å². The summed E-state index contributed by atoms with van der Waals surface area (Å²) >= 11 is 0. The molecule has 0 spiro atoms. The number of rotatable bonds is 2. The molecule has 0 radical (unpaired) electrons. The molecule has 0 bridgehead atoms. The summed E-state index contributed by atoms with van der Waals surface area (Å²) in [5.41, 5.74) is 0.763. The first-order chi connectivity index (χ1) is 8.86. The van der Waals surface area contributed by atoms with Gasteiger partial charge < -0.3 is 10.0 Å². The summed E-state index contributed by atoms with van der Waals surface area (Å²) < 4.78 is 0. The molecule has 3 heterocycles. The standard InChI is InChI=1S/C14H21N3O/c18-11-12-4-3-6-14(15-12)17-9-8-16-7-2-1-5-13(16)10-17/h3-4,6,13,18H,1-2,5,7-11H2. The largest absolute Gasteiger partial charge is 0.390 e. The van der Waals surface area contributed by atoms with Gasteiger partial charge in [-0.3, -0.25) is 4.90 Å². The molecule has 1 N–H and O–H groups in total. The molecule has 1 unspecified atom stereocenters. The van der Waals surface area contributed by atoms with Crippen molar-refractivity contribution in [3.63, 3.8) is 0 Å². The number of fused-ring (bicyclic) bond motifs is 1. The van der Waals surface area contributed by atoms with Crippen LogP contribution in [0, 0.1) is 0 Å². The van der Waals surface area contributed by atoms with E-state index < -0.39 is 0 Å². The van der Waals surface area contributed by atoms with Gasteiger partial charge in [0.1, 0.15) is 5.82 Å². The lowest BCUT2D eigenvalue weighted by Gasteiger charge is -2.44. The van der Waals surface area contributed by atoms with Gasteiger partial charge in [0.05, 0.1) is 12.3 Å². The van der Waals surface area contributed by atoms with Gasteiger partial charge in [-0.15, -0.1) is 0 Å². The highest BCUT2D eigenvalue weighted by molar-refractivity contribution is 5.40. The zero-order valence-electron chi connectivity index (χ0n) is 10.8. The Morgan fingerprint density at radius 2 is 2.17 bits per heavy atom. The first-order valence-electron chi connectivity index (χ1n) is 6.92. The molecule has 18 heavy (non-hydrogen) atoms. The van der Waals surface area contributed by atoms with Crippen molar-refractivity contribution in [2.45, 2.75) is 31.9 Å². The zero-order valence-corrected chi connectivity index (χ0v) is 10.8. The lowest BCUT2D eigenvalue weighted by atomic mass is 9.99. The fourth-order valence-electron chi connectivity index (χ4n) is 3.10. The number of hydrogen-bond donors (Lipinski definition) is 1. The quantitative estimate of drug-likeness (QED) is 0.854. The van der Waals surface area contributed by atoms with Crippen LogP contribution in [0.5, 0.6) is 0 Å². The van der Waals surface area contributed by atoms with Gasteiger partial charge in [0.2, 0.25) is 0 Å². The number of pyridine rings is 1. The number of aliphatic hydroxyl groups excluding tert-OH is 1. The highest BCUT2D eigenvalue weighted by Gasteiger charge is 2.29. The van der Waals surface area contributed by atoms with Crippen molar-refractivity contribution < 1.29 is 5.11 Å². The number of piperidine rings is 1. The highest BCUT2D eigenvalue weighted by atomic mass is 16.3. The third kappa shape index (κ3) is 2.35. The van der Waals surface area contributed by atoms with Gasteiger partial charge in [0.25, 0.3) is 0 Å². The highest BCUT2D eigenvalue weighted by Crippen LogP contribution is 2.23. The summed E-state index contributed by atoms with van der Waals surface area (Å²) in [5.74, 6) is 1.02. The van der Waals surface area contributed by atoms with E-state index in [-0.39, 0.29) is 6.61 Å². The molecule has 2 aliphatic heterocycles. The lowest BCUT2D eigenvalue weighted by molar-refractivity contribution is 0.133. The van der Waals surface area contributed by atoms with Crippen LogP contribution in [0.15, 0.2) is 18.2 Å². The summed E-state index contributed by atoms with van der Waals surface area (Å²) in [6.45, 7) is 4.58. The van der Waals surface area contributed by atoms with Gasteiger partial charge in [0, 0.05) is 25.7 Å². The Morgan fingerprint density at radius 1 is 1.22 bits per heavy atom. The van der Waals surface area contributed by atoms with Crippen LogP contribution in [0.4, 0.5) is 5.82 Å². The van der Waals surface area contributed by atoms with Gasteiger partial charge in [-0.1, -0.05) is 12.5 Å². The minimum absolute atomic E-state index is 0.0250. The molecular formula is C14H21N3O. The van der Waals surface area contributed by atoms with Crippen LogP contribution in [0.3, 0.4) is 0 Å². The molecule has 0 aliphatic carbocycles. The van der Waals surface area contributed by atoms with E-state index in [1.165, 1.54) is 25.8 Å². The second-order valence-corrected chi connectivity index (χ2v) is 5.28. The number of hydrogen-bond acceptors (Lipinski definition) is 4. The van der Waals surface area contributed by atoms with Gasteiger partial charge in [-0.05, 0) is 31.5 Å². The van der Waals surface area contributed by atoms with Crippen molar-refractivity contribution in [2.75, 3.05) is 31.1 Å². The normalized spacial score (nSPS) is 24.9. The van der Waals surface area contributed by atoms with Crippen LogP contribution in [0.2, 0.25) is 0 Å². The van der Waals surface area contributed by atoms with Crippen LogP contribution >= 0.6 is 0 Å². The summed E-state index contributed by atoms with van der Waals surface area (Å²) in [6.07, 6.45) is 4.03. The van der Waals surface area contributed by atoms with E-state index in [9.17, 15) is 0 Å². The maximum atomic E-state index is 9.16. The number of aliphatic hydroxyl groups is 1. The average Bonchev–Trinajstić information content (AvgIpc) is 2.47. The van der Waals surface area contributed by atoms with Gasteiger partial charge in [-0.2, -0.15) is 0 Å². The Hall–Kier alpha value is -1.13. The Balaban J connectivity index is 1.72.